The van der Waals surface area contributed by atoms with E-state index in [1.54, 1.807) is 15.3 Å². The highest BCUT2D eigenvalue weighted by atomic mass is 16.3. The molecule has 22 heavy (non-hydrogen) atoms. The predicted molar refractivity (Wildman–Crippen MR) is 85.7 cm³/mol. The fourth-order valence-corrected chi connectivity index (χ4v) is 2.54. The van der Waals surface area contributed by atoms with Gasteiger partial charge in [-0.2, -0.15) is 0 Å². The minimum atomic E-state index is -0.149. The molecule has 112 valence electrons. The number of benzene rings is 2. The molecule has 0 bridgehead atoms. The standard InChI is InChI=1S/C18H18N2O2/c21-14-17-13-19(11-15-7-3-1-4-8-15)18(22)20(17)12-16-9-5-2-6-10-16/h1-10,13,21H,11-12,14H2. The Morgan fingerprint density at radius 2 is 1.36 bits per heavy atom. The Kier molecular flexibility index (Phi) is 4.21. The summed E-state index contributed by atoms with van der Waals surface area (Å²) in [5.41, 5.74) is 2.63. The molecule has 4 nitrogen and oxygen atoms in total. The SMILES string of the molecule is O=c1n(Cc2ccccc2)cc(CO)n1Cc1ccccc1. The zero-order valence-electron chi connectivity index (χ0n) is 12.2. The summed E-state index contributed by atoms with van der Waals surface area (Å²) in [6.45, 7) is 0.829. The Balaban J connectivity index is 1.92. The van der Waals surface area contributed by atoms with E-state index in [4.69, 9.17) is 0 Å². The maximum absolute atomic E-state index is 12.6. The topological polar surface area (TPSA) is 47.2 Å². The van der Waals surface area contributed by atoms with Crippen LogP contribution in [0.5, 0.6) is 0 Å². The van der Waals surface area contributed by atoms with E-state index in [2.05, 4.69) is 0 Å². The second-order valence-corrected chi connectivity index (χ2v) is 5.25. The van der Waals surface area contributed by atoms with Crippen molar-refractivity contribution < 1.29 is 5.11 Å². The van der Waals surface area contributed by atoms with Crippen LogP contribution in [0.3, 0.4) is 0 Å². The van der Waals surface area contributed by atoms with Crippen molar-refractivity contribution in [3.8, 4) is 0 Å². The Labute approximate surface area is 128 Å². The van der Waals surface area contributed by atoms with Crippen LogP contribution in [0.2, 0.25) is 0 Å². The molecule has 1 N–H and O–H groups in total. The summed E-state index contributed by atoms with van der Waals surface area (Å²) in [4.78, 5) is 12.6. The fourth-order valence-electron chi connectivity index (χ4n) is 2.54. The van der Waals surface area contributed by atoms with Crippen molar-refractivity contribution in [2.45, 2.75) is 19.7 Å². The summed E-state index contributed by atoms with van der Waals surface area (Å²) in [6.07, 6.45) is 1.73. The quantitative estimate of drug-likeness (QED) is 0.784. The number of aliphatic hydroxyl groups excluding tert-OH is 1. The first-order chi connectivity index (χ1) is 10.8. The largest absolute Gasteiger partial charge is 0.390 e. The molecule has 3 rings (SSSR count). The molecule has 1 heterocycles. The fraction of sp³-hybridized carbons (Fsp3) is 0.167. The van der Waals surface area contributed by atoms with Gasteiger partial charge >= 0.3 is 5.69 Å². The van der Waals surface area contributed by atoms with Gasteiger partial charge in [-0.25, -0.2) is 4.79 Å². The summed E-state index contributed by atoms with van der Waals surface area (Å²) < 4.78 is 3.27. The van der Waals surface area contributed by atoms with Crippen molar-refractivity contribution in [2.75, 3.05) is 0 Å². The van der Waals surface area contributed by atoms with Crippen LogP contribution in [0, 0.1) is 0 Å². The van der Waals surface area contributed by atoms with Crippen LogP contribution in [0.1, 0.15) is 16.8 Å². The molecular formula is C18H18N2O2. The molecule has 0 aliphatic carbocycles. The maximum Gasteiger partial charge on any atom is 0.329 e. The van der Waals surface area contributed by atoms with Gasteiger partial charge in [0.25, 0.3) is 0 Å². The number of rotatable bonds is 5. The molecule has 0 radical (unpaired) electrons. The molecule has 0 saturated carbocycles. The molecule has 0 atom stereocenters. The first-order valence-electron chi connectivity index (χ1n) is 7.25. The average Bonchev–Trinajstić information content (AvgIpc) is 2.86. The summed E-state index contributed by atoms with van der Waals surface area (Å²) in [6, 6.07) is 19.6. The second-order valence-electron chi connectivity index (χ2n) is 5.25. The molecule has 0 fully saturated rings. The average molecular weight is 294 g/mol. The van der Waals surface area contributed by atoms with Crippen molar-refractivity contribution in [3.63, 3.8) is 0 Å². The van der Waals surface area contributed by atoms with Gasteiger partial charge in [-0.15, -0.1) is 0 Å². The van der Waals surface area contributed by atoms with Gasteiger partial charge in [-0.3, -0.25) is 9.13 Å². The van der Waals surface area contributed by atoms with E-state index in [9.17, 15) is 9.90 Å². The van der Waals surface area contributed by atoms with Gasteiger partial charge in [0.15, 0.2) is 0 Å². The lowest BCUT2D eigenvalue weighted by molar-refractivity contribution is 0.271. The van der Waals surface area contributed by atoms with Crippen molar-refractivity contribution in [1.82, 2.24) is 9.13 Å². The summed E-state index contributed by atoms with van der Waals surface area (Å²) in [5, 5.41) is 9.53. The van der Waals surface area contributed by atoms with E-state index in [-0.39, 0.29) is 12.3 Å². The van der Waals surface area contributed by atoms with E-state index in [1.807, 2.05) is 60.7 Å². The summed E-state index contributed by atoms with van der Waals surface area (Å²) >= 11 is 0. The number of imidazole rings is 1. The van der Waals surface area contributed by atoms with Crippen LogP contribution in [0.15, 0.2) is 71.7 Å². The van der Waals surface area contributed by atoms with Gasteiger partial charge in [0, 0.05) is 6.20 Å². The smallest absolute Gasteiger partial charge is 0.329 e. The minimum absolute atomic E-state index is 0.100. The third-order valence-corrected chi connectivity index (χ3v) is 3.67. The maximum atomic E-state index is 12.6. The van der Waals surface area contributed by atoms with E-state index >= 15 is 0 Å². The van der Waals surface area contributed by atoms with Gasteiger partial charge in [0.05, 0.1) is 25.4 Å². The van der Waals surface area contributed by atoms with E-state index in [1.165, 1.54) is 0 Å². The van der Waals surface area contributed by atoms with E-state index in [0.29, 0.717) is 18.8 Å². The highest BCUT2D eigenvalue weighted by molar-refractivity contribution is 5.18. The lowest BCUT2D eigenvalue weighted by Gasteiger charge is -2.05. The zero-order valence-corrected chi connectivity index (χ0v) is 12.2. The van der Waals surface area contributed by atoms with Crippen LogP contribution in [-0.4, -0.2) is 14.2 Å². The number of nitrogens with zero attached hydrogens (tertiary/aromatic N) is 2. The molecule has 0 saturated heterocycles. The predicted octanol–water partition coefficient (Wildman–Crippen LogP) is 2.24. The molecule has 0 unspecified atom stereocenters. The highest BCUT2D eigenvalue weighted by Gasteiger charge is 2.11. The van der Waals surface area contributed by atoms with Gasteiger partial charge in [0.2, 0.25) is 0 Å². The number of hydrogen-bond acceptors (Lipinski definition) is 2. The number of aliphatic hydroxyl groups is 1. The number of hydrogen-bond donors (Lipinski definition) is 1. The monoisotopic (exact) mass is 294 g/mol. The van der Waals surface area contributed by atoms with Crippen molar-refractivity contribution >= 4 is 0 Å². The lowest BCUT2D eigenvalue weighted by Crippen LogP contribution is -2.26. The molecular weight excluding hydrogens is 276 g/mol. The van der Waals surface area contributed by atoms with Crippen molar-refractivity contribution in [3.05, 3.63) is 94.2 Å². The molecule has 0 amide bonds. The Hall–Kier alpha value is -2.59. The third-order valence-electron chi connectivity index (χ3n) is 3.67. The first-order valence-corrected chi connectivity index (χ1v) is 7.25. The Morgan fingerprint density at radius 1 is 0.818 bits per heavy atom. The molecule has 0 spiro atoms. The van der Waals surface area contributed by atoms with Crippen LogP contribution < -0.4 is 5.69 Å². The number of aromatic nitrogens is 2. The minimum Gasteiger partial charge on any atom is -0.390 e. The first kappa shape index (κ1) is 14.4. The summed E-state index contributed by atoms with van der Waals surface area (Å²) in [5.74, 6) is 0. The molecule has 0 aliphatic heterocycles. The molecule has 2 aromatic carbocycles. The van der Waals surface area contributed by atoms with E-state index < -0.39 is 0 Å². The van der Waals surface area contributed by atoms with Gasteiger partial charge in [0.1, 0.15) is 0 Å². The second kappa shape index (κ2) is 6.45. The summed E-state index contributed by atoms with van der Waals surface area (Å²) in [7, 11) is 0. The molecule has 0 aliphatic rings. The lowest BCUT2D eigenvalue weighted by atomic mass is 10.2. The van der Waals surface area contributed by atoms with Crippen LogP contribution in [0.4, 0.5) is 0 Å². The van der Waals surface area contributed by atoms with E-state index in [0.717, 1.165) is 11.1 Å². The highest BCUT2D eigenvalue weighted by Crippen LogP contribution is 2.07. The third kappa shape index (κ3) is 3.02. The Bertz CT molecular complexity index is 789. The van der Waals surface area contributed by atoms with Crippen LogP contribution in [-0.2, 0) is 19.7 Å². The van der Waals surface area contributed by atoms with Gasteiger partial charge < -0.3 is 5.11 Å². The van der Waals surface area contributed by atoms with Crippen molar-refractivity contribution in [2.24, 2.45) is 0 Å². The zero-order chi connectivity index (χ0) is 15.4. The van der Waals surface area contributed by atoms with Crippen LogP contribution in [0.25, 0.3) is 0 Å². The Morgan fingerprint density at radius 3 is 1.91 bits per heavy atom. The molecule has 4 heteroatoms. The van der Waals surface area contributed by atoms with Crippen molar-refractivity contribution in [1.29, 1.82) is 0 Å². The molecule has 3 aromatic rings. The van der Waals surface area contributed by atoms with Gasteiger partial charge in [-0.1, -0.05) is 60.7 Å². The van der Waals surface area contributed by atoms with Gasteiger partial charge in [-0.05, 0) is 11.1 Å². The normalized spacial score (nSPS) is 10.8. The molecule has 1 aromatic heterocycles. The van der Waals surface area contributed by atoms with Crippen LogP contribution >= 0.6 is 0 Å².